The molecule has 7 heteroatoms. The predicted molar refractivity (Wildman–Crippen MR) is 91.7 cm³/mol. The van der Waals surface area contributed by atoms with E-state index in [2.05, 4.69) is 15.8 Å². The van der Waals surface area contributed by atoms with E-state index in [1.54, 1.807) is 31.2 Å². The molecule has 0 aromatic heterocycles. The van der Waals surface area contributed by atoms with E-state index in [9.17, 15) is 14.0 Å². The van der Waals surface area contributed by atoms with E-state index >= 15 is 0 Å². The predicted octanol–water partition coefficient (Wildman–Crippen LogP) is 3.61. The van der Waals surface area contributed by atoms with Crippen LogP contribution in [0, 0.1) is 5.82 Å². The Kier molecular flexibility index (Phi) is 6.03. The zero-order valence-electron chi connectivity index (χ0n) is 12.8. The third kappa shape index (κ3) is 5.17. The Morgan fingerprint density at radius 3 is 2.46 bits per heavy atom. The lowest BCUT2D eigenvalue weighted by Crippen LogP contribution is -2.21. The van der Waals surface area contributed by atoms with E-state index in [0.717, 1.165) is 0 Å². The van der Waals surface area contributed by atoms with Crippen LogP contribution in [0.3, 0.4) is 0 Å². The molecule has 0 saturated heterocycles. The van der Waals surface area contributed by atoms with Crippen LogP contribution in [-0.4, -0.2) is 17.5 Å². The number of nitrogens with one attached hydrogen (secondary N) is 2. The number of nitrogens with zero attached hydrogens (tertiary/aromatic N) is 1. The first kappa shape index (κ1) is 17.6. The van der Waals surface area contributed by atoms with Crippen molar-refractivity contribution in [2.75, 3.05) is 5.32 Å². The number of hydrogen-bond donors (Lipinski definition) is 2. The van der Waals surface area contributed by atoms with E-state index < -0.39 is 5.91 Å². The van der Waals surface area contributed by atoms with Crippen LogP contribution < -0.4 is 10.7 Å². The van der Waals surface area contributed by atoms with Crippen LogP contribution in [0.5, 0.6) is 0 Å². The zero-order chi connectivity index (χ0) is 17.5. The quantitative estimate of drug-likeness (QED) is 0.640. The number of benzene rings is 2. The second kappa shape index (κ2) is 8.21. The van der Waals surface area contributed by atoms with Gasteiger partial charge < -0.3 is 5.32 Å². The van der Waals surface area contributed by atoms with Crippen molar-refractivity contribution in [3.8, 4) is 0 Å². The first-order valence-electron chi connectivity index (χ1n) is 7.09. The van der Waals surface area contributed by atoms with Gasteiger partial charge in [0.2, 0.25) is 5.91 Å². The van der Waals surface area contributed by atoms with Crippen molar-refractivity contribution in [3.63, 3.8) is 0 Å². The summed E-state index contributed by atoms with van der Waals surface area (Å²) >= 11 is 5.92. The van der Waals surface area contributed by atoms with Crippen molar-refractivity contribution in [3.05, 3.63) is 64.9 Å². The molecule has 0 radical (unpaired) electrons. The molecule has 0 atom stereocenters. The van der Waals surface area contributed by atoms with Crippen LogP contribution in [0.25, 0.3) is 0 Å². The molecule has 2 rings (SSSR count). The molecule has 24 heavy (non-hydrogen) atoms. The van der Waals surface area contributed by atoms with Crippen molar-refractivity contribution in [1.82, 2.24) is 5.43 Å². The summed E-state index contributed by atoms with van der Waals surface area (Å²) in [5.74, 6) is -1.17. The monoisotopic (exact) mass is 347 g/mol. The SMILES string of the molecule is CC(CC(=O)Nc1ccc(F)cc1)=NNC(=O)c1ccccc1Cl. The molecule has 2 aromatic carbocycles. The molecule has 0 aliphatic heterocycles. The second-order valence-corrected chi connectivity index (χ2v) is 5.41. The van der Waals surface area contributed by atoms with Gasteiger partial charge in [-0.3, -0.25) is 9.59 Å². The summed E-state index contributed by atoms with van der Waals surface area (Å²) in [6.07, 6.45) is -0.0137. The van der Waals surface area contributed by atoms with Gasteiger partial charge in [-0.2, -0.15) is 5.10 Å². The van der Waals surface area contributed by atoms with Gasteiger partial charge in [-0.1, -0.05) is 23.7 Å². The topological polar surface area (TPSA) is 70.6 Å². The lowest BCUT2D eigenvalue weighted by Gasteiger charge is -2.06. The van der Waals surface area contributed by atoms with Gasteiger partial charge in [0, 0.05) is 11.4 Å². The smallest absolute Gasteiger partial charge is 0.272 e. The lowest BCUT2D eigenvalue weighted by molar-refractivity contribution is -0.115. The summed E-state index contributed by atoms with van der Waals surface area (Å²) in [4.78, 5) is 23.8. The van der Waals surface area contributed by atoms with Crippen molar-refractivity contribution in [2.24, 2.45) is 5.10 Å². The minimum absolute atomic E-state index is 0.0137. The van der Waals surface area contributed by atoms with Gasteiger partial charge in [-0.05, 0) is 43.3 Å². The van der Waals surface area contributed by atoms with Crippen molar-refractivity contribution in [1.29, 1.82) is 0 Å². The third-order valence-corrected chi connectivity index (χ3v) is 3.34. The number of hydrazone groups is 1. The average molecular weight is 348 g/mol. The van der Waals surface area contributed by atoms with Gasteiger partial charge >= 0.3 is 0 Å². The Morgan fingerprint density at radius 1 is 1.12 bits per heavy atom. The van der Waals surface area contributed by atoms with Crippen LogP contribution in [0.2, 0.25) is 5.02 Å². The van der Waals surface area contributed by atoms with E-state index in [1.807, 2.05) is 0 Å². The minimum atomic E-state index is -0.459. The average Bonchev–Trinajstić information content (AvgIpc) is 2.55. The van der Waals surface area contributed by atoms with Gasteiger partial charge in [-0.25, -0.2) is 9.82 Å². The largest absolute Gasteiger partial charge is 0.326 e. The third-order valence-electron chi connectivity index (χ3n) is 3.01. The molecular weight excluding hydrogens is 333 g/mol. The molecule has 0 aliphatic carbocycles. The number of rotatable bonds is 5. The number of amides is 2. The molecule has 2 N–H and O–H groups in total. The molecule has 0 aliphatic rings. The minimum Gasteiger partial charge on any atom is -0.326 e. The summed E-state index contributed by atoms with van der Waals surface area (Å²) < 4.78 is 12.8. The molecule has 0 fully saturated rings. The van der Waals surface area contributed by atoms with E-state index in [4.69, 9.17) is 11.6 Å². The number of halogens is 2. The molecular formula is C17H15ClFN3O2. The molecule has 0 unspecified atom stereocenters. The summed E-state index contributed by atoms with van der Waals surface area (Å²) in [5.41, 5.74) is 3.54. The Labute approximate surface area is 143 Å². The van der Waals surface area contributed by atoms with Crippen LogP contribution in [0.15, 0.2) is 53.6 Å². The molecule has 2 aromatic rings. The highest BCUT2D eigenvalue weighted by Gasteiger charge is 2.09. The Hall–Kier alpha value is -2.73. The molecule has 0 bridgehead atoms. The Morgan fingerprint density at radius 2 is 1.79 bits per heavy atom. The maximum absolute atomic E-state index is 12.8. The van der Waals surface area contributed by atoms with Crippen LogP contribution in [0.1, 0.15) is 23.7 Å². The highest BCUT2D eigenvalue weighted by molar-refractivity contribution is 6.33. The normalized spacial score (nSPS) is 11.0. The number of anilines is 1. The van der Waals surface area contributed by atoms with Gasteiger partial charge in [0.25, 0.3) is 5.91 Å². The van der Waals surface area contributed by atoms with E-state index in [1.165, 1.54) is 24.3 Å². The molecule has 0 spiro atoms. The van der Waals surface area contributed by atoms with E-state index in [-0.39, 0.29) is 18.1 Å². The maximum atomic E-state index is 12.8. The van der Waals surface area contributed by atoms with Crippen LogP contribution >= 0.6 is 11.6 Å². The molecule has 5 nitrogen and oxygen atoms in total. The standard InChI is InChI=1S/C17H15ClFN3O2/c1-11(10-16(23)20-13-8-6-12(19)7-9-13)21-22-17(24)14-4-2-3-5-15(14)18/h2-9H,10H2,1H3,(H,20,23)(H,22,24). The van der Waals surface area contributed by atoms with Gasteiger partial charge in [-0.15, -0.1) is 0 Å². The molecule has 124 valence electrons. The number of carbonyl (C=O) groups excluding carboxylic acids is 2. The van der Waals surface area contributed by atoms with Gasteiger partial charge in [0.1, 0.15) is 5.82 Å². The van der Waals surface area contributed by atoms with Crippen LogP contribution in [0.4, 0.5) is 10.1 Å². The Balaban J connectivity index is 1.89. The highest BCUT2D eigenvalue weighted by atomic mass is 35.5. The van der Waals surface area contributed by atoms with E-state index in [0.29, 0.717) is 22.0 Å². The molecule has 2 amide bonds. The number of carbonyl (C=O) groups is 2. The number of hydrogen-bond acceptors (Lipinski definition) is 3. The summed E-state index contributed by atoms with van der Waals surface area (Å²) in [6, 6.07) is 12.0. The summed E-state index contributed by atoms with van der Waals surface area (Å²) in [5, 5.41) is 6.80. The molecule has 0 saturated carbocycles. The maximum Gasteiger partial charge on any atom is 0.272 e. The highest BCUT2D eigenvalue weighted by Crippen LogP contribution is 2.14. The fraction of sp³-hybridized carbons (Fsp3) is 0.118. The Bertz CT molecular complexity index is 776. The van der Waals surface area contributed by atoms with Crippen molar-refractivity contribution in [2.45, 2.75) is 13.3 Å². The van der Waals surface area contributed by atoms with Crippen LogP contribution in [-0.2, 0) is 4.79 Å². The summed E-state index contributed by atoms with van der Waals surface area (Å²) in [6.45, 7) is 1.61. The first-order valence-corrected chi connectivity index (χ1v) is 7.47. The second-order valence-electron chi connectivity index (χ2n) is 5.00. The van der Waals surface area contributed by atoms with Gasteiger partial charge in [0.05, 0.1) is 17.0 Å². The first-order chi connectivity index (χ1) is 11.5. The lowest BCUT2D eigenvalue weighted by atomic mass is 10.2. The fourth-order valence-electron chi connectivity index (χ4n) is 1.86. The van der Waals surface area contributed by atoms with Crippen molar-refractivity contribution < 1.29 is 14.0 Å². The molecule has 0 heterocycles. The zero-order valence-corrected chi connectivity index (χ0v) is 13.6. The fourth-order valence-corrected chi connectivity index (χ4v) is 2.08. The summed E-state index contributed by atoms with van der Waals surface area (Å²) in [7, 11) is 0. The van der Waals surface area contributed by atoms with Crippen molar-refractivity contribution >= 4 is 34.8 Å². The van der Waals surface area contributed by atoms with Gasteiger partial charge in [0.15, 0.2) is 0 Å².